The van der Waals surface area contributed by atoms with Crippen molar-refractivity contribution in [1.29, 1.82) is 0 Å². The maximum Gasteiger partial charge on any atom is 0.110 e. The van der Waals surface area contributed by atoms with Crippen molar-refractivity contribution in [2.24, 2.45) is 10.9 Å². The number of hydrogen-bond donors (Lipinski definition) is 0. The predicted molar refractivity (Wildman–Crippen MR) is 205 cm³/mol. The molecule has 2 heterocycles. The summed E-state index contributed by atoms with van der Waals surface area (Å²) in [5.74, 6) is 1.40. The summed E-state index contributed by atoms with van der Waals surface area (Å²) in [4.78, 5) is 5.06. The van der Waals surface area contributed by atoms with E-state index in [9.17, 15) is 0 Å². The number of thiophene rings is 1. The minimum absolute atomic E-state index is 0.443. The van der Waals surface area contributed by atoms with Gasteiger partial charge in [0.2, 0.25) is 0 Å². The van der Waals surface area contributed by atoms with E-state index in [1.54, 1.807) is 0 Å². The van der Waals surface area contributed by atoms with Gasteiger partial charge < -0.3 is 0 Å². The number of hydrogen-bond acceptors (Lipinski definition) is 2. The fraction of sp³-hybridized carbons (Fsp3) is 0.114. The standard InChI is InChI=1S/C44H36N2S/c1-4-31(34-20-13-22-37-38-23-14-21-35(44(38)47-43(34)37)32-15-7-5-8-16-32)25-26-45-30(3)46-41-24-12-11-19-36(41)40-27-29(2)39(28-42(40)46)33-17-9-6-10-18-33/h4-26,28-29H,27H2,1-3H3/b26-25-,31-4-,45-30?. The van der Waals surface area contributed by atoms with Crippen LogP contribution in [0.5, 0.6) is 0 Å². The van der Waals surface area contributed by atoms with Crippen LogP contribution in [0.3, 0.4) is 0 Å². The molecule has 1 unspecified atom stereocenters. The molecule has 8 rings (SSSR count). The quantitative estimate of drug-likeness (QED) is 0.103. The van der Waals surface area contributed by atoms with Crippen molar-refractivity contribution in [1.82, 2.24) is 4.57 Å². The van der Waals surface area contributed by atoms with Crippen molar-refractivity contribution < 1.29 is 0 Å². The number of para-hydroxylation sites is 1. The minimum Gasteiger partial charge on any atom is -0.298 e. The molecule has 2 nitrogen and oxygen atoms in total. The van der Waals surface area contributed by atoms with Crippen molar-refractivity contribution in [3.05, 3.63) is 162 Å². The maximum absolute atomic E-state index is 5.06. The SMILES string of the molecule is C/C=C(/C=C\N=C(C)n1c2c(c3ccccc31)CC(C)C(c1ccccc1)=C2)c1cccc2c1sc1c(-c3ccccc3)cccc12. The largest absolute Gasteiger partial charge is 0.298 e. The van der Waals surface area contributed by atoms with Gasteiger partial charge in [-0.05, 0) is 83.4 Å². The van der Waals surface area contributed by atoms with Crippen molar-refractivity contribution in [2.45, 2.75) is 27.2 Å². The number of nitrogens with zero attached hydrogens (tertiary/aromatic N) is 2. The highest BCUT2D eigenvalue weighted by atomic mass is 32.1. The van der Waals surface area contributed by atoms with Crippen LogP contribution in [0.4, 0.5) is 0 Å². The van der Waals surface area contributed by atoms with Gasteiger partial charge in [0.25, 0.3) is 0 Å². The Labute approximate surface area is 280 Å². The van der Waals surface area contributed by atoms with Gasteiger partial charge in [0.1, 0.15) is 5.84 Å². The van der Waals surface area contributed by atoms with Crippen LogP contribution in [-0.4, -0.2) is 10.4 Å². The molecule has 228 valence electrons. The van der Waals surface area contributed by atoms with E-state index in [0.29, 0.717) is 5.92 Å². The first-order valence-electron chi connectivity index (χ1n) is 16.4. The van der Waals surface area contributed by atoms with Crippen LogP contribution in [0.15, 0.2) is 145 Å². The zero-order valence-electron chi connectivity index (χ0n) is 26.9. The lowest BCUT2D eigenvalue weighted by Gasteiger charge is -2.23. The minimum atomic E-state index is 0.443. The lowest BCUT2D eigenvalue weighted by Crippen LogP contribution is -2.14. The summed E-state index contributed by atoms with van der Waals surface area (Å²) >= 11 is 1.89. The molecule has 0 spiro atoms. The lowest BCUT2D eigenvalue weighted by molar-refractivity contribution is 0.739. The molecule has 1 aliphatic carbocycles. The van der Waals surface area contributed by atoms with Gasteiger partial charge in [-0.3, -0.25) is 4.57 Å². The summed E-state index contributed by atoms with van der Waals surface area (Å²) in [6.07, 6.45) is 9.74. The van der Waals surface area contributed by atoms with Crippen LogP contribution in [0.2, 0.25) is 0 Å². The summed E-state index contributed by atoms with van der Waals surface area (Å²) in [5, 5.41) is 3.92. The van der Waals surface area contributed by atoms with Crippen LogP contribution in [0.25, 0.3) is 59.4 Å². The van der Waals surface area contributed by atoms with E-state index in [4.69, 9.17) is 4.99 Å². The number of rotatable bonds is 5. The van der Waals surface area contributed by atoms with E-state index in [2.05, 4.69) is 165 Å². The van der Waals surface area contributed by atoms with Gasteiger partial charge in [0.15, 0.2) is 0 Å². The van der Waals surface area contributed by atoms with Gasteiger partial charge in [0.05, 0.1) is 11.2 Å². The zero-order valence-corrected chi connectivity index (χ0v) is 27.8. The van der Waals surface area contributed by atoms with Gasteiger partial charge in [-0.2, -0.15) is 0 Å². The first-order valence-corrected chi connectivity index (χ1v) is 17.2. The Morgan fingerprint density at radius 1 is 0.745 bits per heavy atom. The topological polar surface area (TPSA) is 17.3 Å². The Bertz CT molecular complexity index is 2400. The Morgan fingerprint density at radius 2 is 1.40 bits per heavy atom. The molecule has 0 saturated heterocycles. The molecule has 47 heavy (non-hydrogen) atoms. The molecule has 0 aliphatic heterocycles. The van der Waals surface area contributed by atoms with Gasteiger partial charge in [0, 0.05) is 31.8 Å². The molecule has 0 bridgehead atoms. The number of fused-ring (bicyclic) bond motifs is 6. The van der Waals surface area contributed by atoms with E-state index in [1.165, 1.54) is 75.7 Å². The average molecular weight is 625 g/mol. The molecule has 0 saturated carbocycles. The number of benzene rings is 5. The average Bonchev–Trinajstić information content (AvgIpc) is 3.66. The third kappa shape index (κ3) is 5.08. The first kappa shape index (κ1) is 29.2. The molecular formula is C44H36N2S. The highest BCUT2D eigenvalue weighted by Gasteiger charge is 2.25. The molecule has 0 radical (unpaired) electrons. The predicted octanol–water partition coefficient (Wildman–Crippen LogP) is 12.3. The Hall–Kier alpha value is -5.25. The third-order valence-electron chi connectivity index (χ3n) is 9.53. The maximum atomic E-state index is 5.06. The van der Waals surface area contributed by atoms with Gasteiger partial charge in [-0.1, -0.05) is 128 Å². The second-order valence-corrected chi connectivity index (χ2v) is 13.4. The molecule has 7 aromatic rings. The Balaban J connectivity index is 1.19. The fourth-order valence-electron chi connectivity index (χ4n) is 7.26. The molecular weight excluding hydrogens is 589 g/mol. The van der Waals surface area contributed by atoms with Crippen LogP contribution < -0.4 is 0 Å². The summed E-state index contributed by atoms with van der Waals surface area (Å²) in [6.45, 7) is 6.58. The van der Waals surface area contributed by atoms with E-state index >= 15 is 0 Å². The second-order valence-electron chi connectivity index (χ2n) is 12.4. The van der Waals surface area contributed by atoms with Crippen molar-refractivity contribution in [3.63, 3.8) is 0 Å². The number of aliphatic imine (C=N–C) groups is 1. The zero-order chi connectivity index (χ0) is 31.9. The third-order valence-corrected chi connectivity index (χ3v) is 10.8. The van der Waals surface area contributed by atoms with Crippen LogP contribution in [-0.2, 0) is 6.42 Å². The molecule has 1 atom stereocenters. The van der Waals surface area contributed by atoms with Gasteiger partial charge >= 0.3 is 0 Å². The monoisotopic (exact) mass is 624 g/mol. The molecule has 0 amide bonds. The summed E-state index contributed by atoms with van der Waals surface area (Å²) in [5.41, 5.74) is 11.5. The molecule has 1 aliphatic rings. The number of allylic oxidation sites excluding steroid dienone is 4. The van der Waals surface area contributed by atoms with Crippen molar-refractivity contribution >= 4 is 65.5 Å². The fourth-order valence-corrected chi connectivity index (χ4v) is 8.63. The summed E-state index contributed by atoms with van der Waals surface area (Å²) in [7, 11) is 0. The van der Waals surface area contributed by atoms with E-state index in [-0.39, 0.29) is 0 Å². The molecule has 0 N–H and O–H groups in total. The normalized spacial score (nSPS) is 15.6. The molecule has 2 aromatic heterocycles. The summed E-state index contributed by atoms with van der Waals surface area (Å²) in [6, 6.07) is 43.6. The van der Waals surface area contributed by atoms with Crippen LogP contribution >= 0.6 is 11.3 Å². The first-order chi connectivity index (χ1) is 23.1. The molecule has 5 aromatic carbocycles. The van der Waals surface area contributed by atoms with E-state index in [0.717, 1.165) is 12.3 Å². The molecule has 3 heteroatoms. The Kier molecular flexibility index (Phi) is 7.55. The van der Waals surface area contributed by atoms with E-state index in [1.807, 2.05) is 17.5 Å². The second kappa shape index (κ2) is 12.2. The highest BCUT2D eigenvalue weighted by Crippen LogP contribution is 2.43. The lowest BCUT2D eigenvalue weighted by atomic mass is 9.83. The molecule has 0 fully saturated rings. The Morgan fingerprint density at radius 3 is 2.17 bits per heavy atom. The number of aromatic nitrogens is 1. The van der Waals surface area contributed by atoms with Crippen molar-refractivity contribution in [3.8, 4) is 11.1 Å². The summed E-state index contributed by atoms with van der Waals surface area (Å²) < 4.78 is 4.98. The van der Waals surface area contributed by atoms with Crippen LogP contribution in [0, 0.1) is 5.92 Å². The van der Waals surface area contributed by atoms with Gasteiger partial charge in [-0.25, -0.2) is 4.99 Å². The highest BCUT2D eigenvalue weighted by molar-refractivity contribution is 7.26. The van der Waals surface area contributed by atoms with Gasteiger partial charge in [-0.15, -0.1) is 11.3 Å². The van der Waals surface area contributed by atoms with E-state index < -0.39 is 0 Å². The van der Waals surface area contributed by atoms with Crippen molar-refractivity contribution in [2.75, 3.05) is 0 Å². The smallest absolute Gasteiger partial charge is 0.110 e. The van der Waals surface area contributed by atoms with Crippen LogP contribution in [0.1, 0.15) is 43.2 Å².